The van der Waals surface area contributed by atoms with Crippen LogP contribution in [0.15, 0.2) is 35.4 Å². The second kappa shape index (κ2) is 5.71. The molecule has 21 heavy (non-hydrogen) atoms. The number of hydrogen-bond donors (Lipinski definition) is 2. The number of benzene rings is 1. The molecule has 0 spiro atoms. The van der Waals surface area contributed by atoms with Crippen molar-refractivity contribution in [1.82, 2.24) is 0 Å². The number of hydrogen-bond acceptors (Lipinski definition) is 5. The van der Waals surface area contributed by atoms with Crippen LogP contribution in [-0.4, -0.2) is 34.6 Å². The maximum absolute atomic E-state index is 12.4. The standard InChI is InChI=1S/C16H17NO4/c1-8-12(7-13(19)14(17)9(2)18)16(21)11-6-4-3-5-10(11)15(8)20/h3-6,9,14,18H,7,17H2,1-2H3/t9-,14+/m1/s1. The van der Waals surface area contributed by atoms with Crippen LogP contribution < -0.4 is 5.73 Å². The van der Waals surface area contributed by atoms with Gasteiger partial charge in [0.1, 0.15) is 0 Å². The van der Waals surface area contributed by atoms with Gasteiger partial charge in [-0.15, -0.1) is 0 Å². The number of aliphatic hydroxyl groups is 1. The maximum atomic E-state index is 12.4. The van der Waals surface area contributed by atoms with Gasteiger partial charge in [0, 0.05) is 28.7 Å². The minimum absolute atomic E-state index is 0.166. The van der Waals surface area contributed by atoms with Crippen LogP contribution >= 0.6 is 0 Å². The van der Waals surface area contributed by atoms with Crippen LogP contribution in [0.2, 0.25) is 0 Å². The lowest BCUT2D eigenvalue weighted by molar-refractivity contribution is -0.121. The van der Waals surface area contributed by atoms with Crippen molar-refractivity contribution < 1.29 is 19.5 Å². The molecule has 0 aliphatic heterocycles. The molecular formula is C16H17NO4. The quantitative estimate of drug-likeness (QED) is 0.862. The Morgan fingerprint density at radius 3 is 2.24 bits per heavy atom. The fourth-order valence-corrected chi connectivity index (χ4v) is 2.32. The number of Topliss-reactive ketones (excluding diaryl/α,β-unsaturated/α-hetero) is 3. The van der Waals surface area contributed by atoms with Crippen LogP contribution in [0.4, 0.5) is 0 Å². The number of ketones is 3. The van der Waals surface area contributed by atoms with Crippen LogP contribution in [-0.2, 0) is 4.79 Å². The van der Waals surface area contributed by atoms with Crippen molar-refractivity contribution in [2.75, 3.05) is 0 Å². The molecule has 0 unspecified atom stereocenters. The topological polar surface area (TPSA) is 97.5 Å². The molecule has 110 valence electrons. The van der Waals surface area contributed by atoms with Gasteiger partial charge in [-0.1, -0.05) is 24.3 Å². The summed E-state index contributed by atoms with van der Waals surface area (Å²) >= 11 is 0. The second-order valence-corrected chi connectivity index (χ2v) is 5.22. The molecular weight excluding hydrogens is 270 g/mol. The molecule has 0 heterocycles. The Labute approximate surface area is 122 Å². The number of rotatable bonds is 4. The molecule has 1 aliphatic rings. The van der Waals surface area contributed by atoms with Gasteiger partial charge in [0.05, 0.1) is 12.1 Å². The van der Waals surface area contributed by atoms with Gasteiger partial charge < -0.3 is 10.8 Å². The number of allylic oxidation sites excluding steroid dienone is 2. The SMILES string of the molecule is CC1=C(CC(=O)[C@@H](N)[C@@H](C)O)C(=O)c2ccccc2C1=O. The smallest absolute Gasteiger partial charge is 0.190 e. The van der Waals surface area contributed by atoms with E-state index in [-0.39, 0.29) is 29.1 Å². The van der Waals surface area contributed by atoms with E-state index >= 15 is 0 Å². The Hall–Kier alpha value is -2.11. The molecule has 0 saturated carbocycles. The fourth-order valence-electron chi connectivity index (χ4n) is 2.32. The summed E-state index contributed by atoms with van der Waals surface area (Å²) < 4.78 is 0. The van der Waals surface area contributed by atoms with Gasteiger partial charge in [-0.2, -0.15) is 0 Å². The van der Waals surface area contributed by atoms with Gasteiger partial charge in [-0.05, 0) is 13.8 Å². The predicted octanol–water partition coefficient (Wildman–Crippen LogP) is 1.05. The first kappa shape index (κ1) is 15.3. The summed E-state index contributed by atoms with van der Waals surface area (Å²) in [7, 11) is 0. The average molecular weight is 287 g/mol. The summed E-state index contributed by atoms with van der Waals surface area (Å²) in [6.45, 7) is 2.94. The molecule has 1 aromatic rings. The van der Waals surface area contributed by atoms with Crippen molar-refractivity contribution in [3.8, 4) is 0 Å². The second-order valence-electron chi connectivity index (χ2n) is 5.22. The van der Waals surface area contributed by atoms with Crippen molar-refractivity contribution in [3.63, 3.8) is 0 Å². The van der Waals surface area contributed by atoms with Crippen LogP contribution in [0.1, 0.15) is 41.0 Å². The van der Waals surface area contributed by atoms with Gasteiger partial charge >= 0.3 is 0 Å². The number of nitrogens with two attached hydrogens (primary N) is 1. The molecule has 0 amide bonds. The van der Waals surface area contributed by atoms with Gasteiger partial charge in [0.25, 0.3) is 0 Å². The summed E-state index contributed by atoms with van der Waals surface area (Å²) in [5, 5.41) is 9.35. The molecule has 5 nitrogen and oxygen atoms in total. The Morgan fingerprint density at radius 1 is 1.19 bits per heavy atom. The summed E-state index contributed by atoms with van der Waals surface area (Å²) in [4.78, 5) is 36.7. The van der Waals surface area contributed by atoms with E-state index in [4.69, 9.17) is 5.73 Å². The van der Waals surface area contributed by atoms with Crippen molar-refractivity contribution in [3.05, 3.63) is 46.5 Å². The third-order valence-electron chi connectivity index (χ3n) is 3.73. The highest BCUT2D eigenvalue weighted by molar-refractivity contribution is 6.27. The Kier molecular flexibility index (Phi) is 4.16. The third-order valence-corrected chi connectivity index (χ3v) is 3.73. The molecule has 1 aromatic carbocycles. The largest absolute Gasteiger partial charge is 0.391 e. The molecule has 5 heteroatoms. The van der Waals surface area contributed by atoms with Gasteiger partial charge in [-0.3, -0.25) is 14.4 Å². The first-order chi connectivity index (χ1) is 9.84. The zero-order valence-corrected chi connectivity index (χ0v) is 11.9. The number of carbonyl (C=O) groups excluding carboxylic acids is 3. The van der Waals surface area contributed by atoms with Gasteiger partial charge in [0.2, 0.25) is 0 Å². The lowest BCUT2D eigenvalue weighted by atomic mass is 9.82. The summed E-state index contributed by atoms with van der Waals surface area (Å²) in [6.07, 6.45) is -1.24. The molecule has 0 saturated heterocycles. The Bertz CT molecular complexity index is 658. The lowest BCUT2D eigenvalue weighted by Gasteiger charge is -2.20. The van der Waals surface area contributed by atoms with E-state index in [0.29, 0.717) is 11.1 Å². The van der Waals surface area contributed by atoms with E-state index in [1.165, 1.54) is 13.8 Å². The summed E-state index contributed by atoms with van der Waals surface area (Å²) in [6, 6.07) is 5.47. The molecule has 0 bridgehead atoms. The van der Waals surface area contributed by atoms with Crippen molar-refractivity contribution in [1.29, 1.82) is 0 Å². The molecule has 0 radical (unpaired) electrons. The summed E-state index contributed by atoms with van der Waals surface area (Å²) in [5.41, 5.74) is 6.68. The first-order valence-electron chi connectivity index (χ1n) is 6.69. The normalized spacial score (nSPS) is 17.5. The average Bonchev–Trinajstić information content (AvgIpc) is 2.48. The highest BCUT2D eigenvalue weighted by atomic mass is 16.3. The first-order valence-corrected chi connectivity index (χ1v) is 6.69. The Balaban J connectivity index is 2.37. The number of carbonyl (C=O) groups is 3. The van der Waals surface area contributed by atoms with Crippen molar-refractivity contribution in [2.45, 2.75) is 32.4 Å². The van der Waals surface area contributed by atoms with Crippen molar-refractivity contribution >= 4 is 17.3 Å². The molecule has 0 aromatic heterocycles. The lowest BCUT2D eigenvalue weighted by Crippen LogP contribution is -2.41. The predicted molar refractivity (Wildman–Crippen MR) is 77.1 cm³/mol. The highest BCUT2D eigenvalue weighted by Gasteiger charge is 2.32. The number of fused-ring (bicyclic) bond motifs is 1. The van der Waals surface area contributed by atoms with E-state index in [9.17, 15) is 19.5 Å². The highest BCUT2D eigenvalue weighted by Crippen LogP contribution is 2.28. The van der Waals surface area contributed by atoms with Crippen LogP contribution in [0, 0.1) is 0 Å². The van der Waals surface area contributed by atoms with E-state index < -0.39 is 17.9 Å². The van der Waals surface area contributed by atoms with E-state index in [1.807, 2.05) is 0 Å². The Morgan fingerprint density at radius 2 is 1.71 bits per heavy atom. The van der Waals surface area contributed by atoms with Crippen LogP contribution in [0.5, 0.6) is 0 Å². The zero-order valence-electron chi connectivity index (χ0n) is 11.9. The van der Waals surface area contributed by atoms with Crippen LogP contribution in [0.25, 0.3) is 0 Å². The zero-order chi connectivity index (χ0) is 15.7. The van der Waals surface area contributed by atoms with E-state index in [2.05, 4.69) is 0 Å². The molecule has 0 fully saturated rings. The summed E-state index contributed by atoms with van der Waals surface area (Å²) in [5.74, 6) is -1.03. The minimum atomic E-state index is -1.06. The van der Waals surface area contributed by atoms with Gasteiger partial charge in [-0.25, -0.2) is 0 Å². The minimum Gasteiger partial charge on any atom is -0.391 e. The molecule has 2 rings (SSSR count). The number of aliphatic hydroxyl groups excluding tert-OH is 1. The molecule has 3 N–H and O–H groups in total. The van der Waals surface area contributed by atoms with Gasteiger partial charge in [0.15, 0.2) is 17.3 Å². The maximum Gasteiger partial charge on any atom is 0.190 e. The molecule has 2 atom stereocenters. The monoisotopic (exact) mass is 287 g/mol. The fraction of sp³-hybridized carbons (Fsp3) is 0.312. The van der Waals surface area contributed by atoms with Crippen molar-refractivity contribution in [2.24, 2.45) is 5.73 Å². The van der Waals surface area contributed by atoms with E-state index in [0.717, 1.165) is 0 Å². The van der Waals surface area contributed by atoms with E-state index in [1.54, 1.807) is 24.3 Å². The third kappa shape index (κ3) is 2.70. The van der Waals surface area contributed by atoms with Crippen LogP contribution in [0.3, 0.4) is 0 Å². The molecule has 1 aliphatic carbocycles.